The van der Waals surface area contributed by atoms with E-state index in [9.17, 15) is 8.42 Å². The van der Waals surface area contributed by atoms with Crippen LogP contribution in [0.1, 0.15) is 26.2 Å². The summed E-state index contributed by atoms with van der Waals surface area (Å²) < 4.78 is 28.3. The zero-order valence-electron chi connectivity index (χ0n) is 10.0. The summed E-state index contributed by atoms with van der Waals surface area (Å²) in [6.07, 6.45) is 4.47. The summed E-state index contributed by atoms with van der Waals surface area (Å²) >= 11 is 0. The second-order valence-corrected chi connectivity index (χ2v) is 6.19. The Morgan fingerprint density at radius 2 is 2.35 bits per heavy atom. The fraction of sp³-hybridized carbons (Fsp3) is 0.700. The van der Waals surface area contributed by atoms with Crippen LogP contribution in [0.25, 0.3) is 0 Å². The van der Waals surface area contributed by atoms with E-state index in [0.717, 1.165) is 19.3 Å². The quantitative estimate of drug-likeness (QED) is 0.803. The summed E-state index contributed by atoms with van der Waals surface area (Å²) in [6.45, 7) is 2.10. The van der Waals surface area contributed by atoms with Crippen LogP contribution in [0.15, 0.2) is 11.4 Å². The van der Waals surface area contributed by atoms with Gasteiger partial charge in [-0.2, -0.15) is 0 Å². The van der Waals surface area contributed by atoms with Gasteiger partial charge in [0.1, 0.15) is 0 Å². The monoisotopic (exact) mass is 258 g/mol. The van der Waals surface area contributed by atoms with Crippen molar-refractivity contribution in [2.45, 2.75) is 37.3 Å². The summed E-state index contributed by atoms with van der Waals surface area (Å²) in [5, 5.41) is 0.0552. The third-order valence-electron chi connectivity index (χ3n) is 3.05. The molecule has 6 nitrogen and oxygen atoms in total. The lowest BCUT2D eigenvalue weighted by Gasteiger charge is -2.07. The highest BCUT2D eigenvalue weighted by Crippen LogP contribution is 2.35. The lowest BCUT2D eigenvalue weighted by molar-refractivity contribution is 0.564. The van der Waals surface area contributed by atoms with Gasteiger partial charge in [0.2, 0.25) is 0 Å². The second-order valence-electron chi connectivity index (χ2n) is 4.56. The number of sulfonamides is 1. The fourth-order valence-corrected chi connectivity index (χ4v) is 3.65. The van der Waals surface area contributed by atoms with E-state index in [4.69, 9.17) is 5.73 Å². The summed E-state index contributed by atoms with van der Waals surface area (Å²) in [5.74, 6) is 0.525. The normalized spacial score (nSPS) is 23.9. The molecule has 1 saturated carbocycles. The Bertz CT molecular complexity index is 489. The first-order valence-corrected chi connectivity index (χ1v) is 7.23. The van der Waals surface area contributed by atoms with Crippen molar-refractivity contribution >= 4 is 15.8 Å². The van der Waals surface area contributed by atoms with Gasteiger partial charge < -0.3 is 10.3 Å². The molecule has 0 bridgehead atoms. The number of rotatable bonds is 5. The Labute approximate surface area is 101 Å². The zero-order valence-corrected chi connectivity index (χ0v) is 10.9. The van der Waals surface area contributed by atoms with Gasteiger partial charge in [0.05, 0.1) is 6.33 Å². The number of nitrogens with zero attached hydrogens (tertiary/aromatic N) is 2. The number of aryl methyl sites for hydroxylation is 1. The first-order valence-electron chi connectivity index (χ1n) is 5.74. The number of imidazole rings is 1. The molecule has 2 atom stereocenters. The number of anilines is 1. The molecule has 7 heteroatoms. The topological polar surface area (TPSA) is 90.0 Å². The molecule has 2 rings (SSSR count). The van der Waals surface area contributed by atoms with Crippen LogP contribution in [0.5, 0.6) is 0 Å². The maximum absolute atomic E-state index is 12.1. The van der Waals surface area contributed by atoms with Gasteiger partial charge in [0.15, 0.2) is 10.8 Å². The average Bonchev–Trinajstić information content (AvgIpc) is 2.82. The van der Waals surface area contributed by atoms with Gasteiger partial charge in [-0.3, -0.25) is 0 Å². The average molecular weight is 258 g/mol. The molecule has 0 amide bonds. The van der Waals surface area contributed by atoms with Crippen molar-refractivity contribution in [1.29, 1.82) is 0 Å². The van der Waals surface area contributed by atoms with Crippen molar-refractivity contribution in [3.8, 4) is 0 Å². The highest BCUT2D eigenvalue weighted by molar-refractivity contribution is 7.89. The first kappa shape index (κ1) is 12.4. The van der Waals surface area contributed by atoms with Crippen LogP contribution in [0.3, 0.4) is 0 Å². The molecule has 1 aliphatic rings. The summed E-state index contributed by atoms with van der Waals surface area (Å²) in [6, 6.07) is 0.0641. The maximum atomic E-state index is 12.1. The summed E-state index contributed by atoms with van der Waals surface area (Å²) in [5.41, 5.74) is 5.57. The fourth-order valence-electron chi connectivity index (χ4n) is 2.10. The molecule has 0 aromatic carbocycles. The Balaban J connectivity index is 2.11. The molecule has 17 heavy (non-hydrogen) atoms. The Kier molecular flexibility index (Phi) is 3.13. The third-order valence-corrected chi connectivity index (χ3v) is 4.67. The van der Waals surface area contributed by atoms with Crippen LogP contribution < -0.4 is 10.5 Å². The number of hydrogen-bond acceptors (Lipinski definition) is 4. The van der Waals surface area contributed by atoms with Crippen LogP contribution in [0.4, 0.5) is 5.82 Å². The molecule has 2 unspecified atom stereocenters. The highest BCUT2D eigenvalue weighted by atomic mass is 32.2. The third kappa shape index (κ3) is 2.44. The predicted octanol–water partition coefficient (Wildman–Crippen LogP) is 0.469. The minimum Gasteiger partial charge on any atom is -0.381 e. The lowest BCUT2D eigenvalue weighted by atomic mass is 10.2. The largest absolute Gasteiger partial charge is 0.381 e. The van der Waals surface area contributed by atoms with Gasteiger partial charge in [0.25, 0.3) is 10.0 Å². The molecular formula is C10H18N4O2S. The van der Waals surface area contributed by atoms with Crippen molar-refractivity contribution in [2.24, 2.45) is 13.0 Å². The van der Waals surface area contributed by atoms with Crippen molar-refractivity contribution < 1.29 is 8.42 Å². The molecule has 1 heterocycles. The van der Waals surface area contributed by atoms with E-state index in [2.05, 4.69) is 16.6 Å². The SMILES string of the molecule is CCCC1CC1NS(=O)(=O)c1c(N)ncn1C. The summed E-state index contributed by atoms with van der Waals surface area (Å²) in [7, 11) is -1.92. The van der Waals surface area contributed by atoms with Crippen molar-refractivity contribution in [3.63, 3.8) is 0 Å². The van der Waals surface area contributed by atoms with Crippen LogP contribution in [-0.4, -0.2) is 24.0 Å². The first-order chi connectivity index (χ1) is 7.95. The standard InChI is InChI=1S/C10H18N4O2S/c1-3-4-7-5-8(7)13-17(15,16)10-9(11)12-6-14(10)2/h6-8,13H,3-5,11H2,1-2H3. The highest BCUT2D eigenvalue weighted by Gasteiger charge is 2.40. The van der Waals surface area contributed by atoms with Crippen molar-refractivity contribution in [3.05, 3.63) is 6.33 Å². The second kappa shape index (κ2) is 4.30. The van der Waals surface area contributed by atoms with E-state index in [0.29, 0.717) is 5.92 Å². The van der Waals surface area contributed by atoms with Crippen LogP contribution in [0, 0.1) is 5.92 Å². The van der Waals surface area contributed by atoms with Gasteiger partial charge >= 0.3 is 0 Å². The van der Waals surface area contributed by atoms with E-state index in [1.54, 1.807) is 7.05 Å². The Morgan fingerprint density at radius 1 is 1.65 bits per heavy atom. The minimum absolute atomic E-state index is 0.0488. The van der Waals surface area contributed by atoms with Gasteiger partial charge in [0, 0.05) is 13.1 Å². The van der Waals surface area contributed by atoms with Gasteiger partial charge in [-0.25, -0.2) is 18.1 Å². The smallest absolute Gasteiger partial charge is 0.260 e. The molecule has 1 aromatic heterocycles. The van der Waals surface area contributed by atoms with Crippen molar-refractivity contribution in [1.82, 2.24) is 14.3 Å². The number of nitrogens with two attached hydrogens (primary N) is 1. The van der Waals surface area contributed by atoms with Crippen LogP contribution >= 0.6 is 0 Å². The molecule has 1 aliphatic carbocycles. The van der Waals surface area contributed by atoms with E-state index in [-0.39, 0.29) is 16.9 Å². The molecule has 3 N–H and O–H groups in total. The van der Waals surface area contributed by atoms with Crippen molar-refractivity contribution in [2.75, 3.05) is 5.73 Å². The molecule has 0 saturated heterocycles. The molecule has 96 valence electrons. The van der Waals surface area contributed by atoms with Gasteiger partial charge in [-0.05, 0) is 18.8 Å². The number of nitrogen functional groups attached to an aromatic ring is 1. The predicted molar refractivity (Wildman–Crippen MR) is 64.7 cm³/mol. The molecule has 1 aromatic rings. The molecule has 0 radical (unpaired) electrons. The van der Waals surface area contributed by atoms with E-state index in [1.807, 2.05) is 0 Å². The molecule has 0 spiro atoms. The number of hydrogen-bond donors (Lipinski definition) is 2. The minimum atomic E-state index is -3.54. The number of aromatic nitrogens is 2. The van der Waals surface area contributed by atoms with E-state index < -0.39 is 10.0 Å². The van der Waals surface area contributed by atoms with Gasteiger partial charge in [-0.1, -0.05) is 13.3 Å². The van der Waals surface area contributed by atoms with Crippen LogP contribution in [-0.2, 0) is 17.1 Å². The number of nitrogens with one attached hydrogen (secondary N) is 1. The lowest BCUT2D eigenvalue weighted by Crippen LogP contribution is -2.29. The van der Waals surface area contributed by atoms with Gasteiger partial charge in [-0.15, -0.1) is 0 Å². The van der Waals surface area contributed by atoms with E-state index >= 15 is 0 Å². The summed E-state index contributed by atoms with van der Waals surface area (Å²) in [4.78, 5) is 3.79. The van der Waals surface area contributed by atoms with E-state index in [1.165, 1.54) is 10.9 Å². The Morgan fingerprint density at radius 3 is 2.88 bits per heavy atom. The molecule has 0 aliphatic heterocycles. The van der Waals surface area contributed by atoms with Crippen LogP contribution in [0.2, 0.25) is 0 Å². The maximum Gasteiger partial charge on any atom is 0.260 e. The Hall–Kier alpha value is -1.08. The molecule has 1 fully saturated rings. The molecular weight excluding hydrogens is 240 g/mol. The zero-order chi connectivity index (χ0) is 12.6.